The zero-order valence-electron chi connectivity index (χ0n) is 11.8. The molecule has 2 saturated heterocycles. The van der Waals surface area contributed by atoms with Crippen LogP contribution in [0.25, 0.3) is 0 Å². The summed E-state index contributed by atoms with van der Waals surface area (Å²) < 4.78 is 5.26. The highest BCUT2D eigenvalue weighted by Gasteiger charge is 2.31. The summed E-state index contributed by atoms with van der Waals surface area (Å²) in [4.78, 5) is 14.3. The van der Waals surface area contributed by atoms with Gasteiger partial charge in [0.2, 0.25) is 0 Å². The topological polar surface area (TPSA) is 53.6 Å². The number of anilines is 1. The number of carbonyl (C=O) groups is 1. The molecule has 2 amide bonds. The van der Waals surface area contributed by atoms with Crippen molar-refractivity contribution in [3.8, 4) is 5.75 Å². The van der Waals surface area contributed by atoms with Gasteiger partial charge in [0.05, 0.1) is 12.8 Å². The second-order valence-corrected chi connectivity index (χ2v) is 5.50. The fourth-order valence-electron chi connectivity index (χ4n) is 3.07. The van der Waals surface area contributed by atoms with Gasteiger partial charge < -0.3 is 20.3 Å². The number of nitrogens with zero attached hydrogens (tertiary/aromatic N) is 1. The van der Waals surface area contributed by atoms with Crippen LogP contribution in [-0.4, -0.2) is 43.2 Å². The molecule has 0 unspecified atom stereocenters. The summed E-state index contributed by atoms with van der Waals surface area (Å²) in [5, 5.41) is 6.53. The molecule has 108 valence electrons. The second kappa shape index (κ2) is 5.71. The van der Waals surface area contributed by atoms with Crippen LogP contribution in [0.1, 0.15) is 19.3 Å². The summed E-state index contributed by atoms with van der Waals surface area (Å²) >= 11 is 0. The van der Waals surface area contributed by atoms with Crippen LogP contribution in [0.15, 0.2) is 24.3 Å². The van der Waals surface area contributed by atoms with Crippen LogP contribution in [0, 0.1) is 0 Å². The van der Waals surface area contributed by atoms with Crippen molar-refractivity contribution < 1.29 is 9.53 Å². The Balaban J connectivity index is 1.66. The number of hydrogen-bond donors (Lipinski definition) is 2. The van der Waals surface area contributed by atoms with Crippen molar-refractivity contribution >= 4 is 11.7 Å². The standard InChI is InChI=1S/C15H21N3O2/c1-20-14-5-3-2-4-13(14)17-15(19)18-9-8-11-6-7-12(10-18)16-11/h2-5,11-12,16H,6-10H2,1H3,(H,17,19)/t11-,12+/m1/s1. The van der Waals surface area contributed by atoms with Crippen molar-refractivity contribution in [2.75, 3.05) is 25.5 Å². The van der Waals surface area contributed by atoms with Crippen LogP contribution >= 0.6 is 0 Å². The van der Waals surface area contributed by atoms with E-state index in [0.717, 1.165) is 25.2 Å². The molecule has 0 saturated carbocycles. The van der Waals surface area contributed by atoms with E-state index in [-0.39, 0.29) is 6.03 Å². The van der Waals surface area contributed by atoms with Gasteiger partial charge in [0.15, 0.2) is 0 Å². The number of urea groups is 1. The largest absolute Gasteiger partial charge is 0.495 e. The van der Waals surface area contributed by atoms with Gasteiger partial charge in [-0.15, -0.1) is 0 Å². The van der Waals surface area contributed by atoms with Crippen LogP contribution in [0.4, 0.5) is 10.5 Å². The number of likely N-dealkylation sites (tertiary alicyclic amines) is 1. The first-order valence-electron chi connectivity index (χ1n) is 7.21. The van der Waals surface area contributed by atoms with E-state index in [2.05, 4.69) is 10.6 Å². The van der Waals surface area contributed by atoms with Crippen LogP contribution in [0.3, 0.4) is 0 Å². The van der Waals surface area contributed by atoms with Gasteiger partial charge in [-0.3, -0.25) is 0 Å². The van der Waals surface area contributed by atoms with Gasteiger partial charge in [-0.25, -0.2) is 4.79 Å². The fourth-order valence-corrected chi connectivity index (χ4v) is 3.07. The Labute approximate surface area is 119 Å². The number of hydrogen-bond acceptors (Lipinski definition) is 3. The third-order valence-electron chi connectivity index (χ3n) is 4.16. The number of rotatable bonds is 2. The predicted octanol–water partition coefficient (Wildman–Crippen LogP) is 2.05. The van der Waals surface area contributed by atoms with E-state index in [1.165, 1.54) is 12.8 Å². The van der Waals surface area contributed by atoms with E-state index in [9.17, 15) is 4.79 Å². The predicted molar refractivity (Wildman–Crippen MR) is 78.1 cm³/mol. The van der Waals surface area contributed by atoms with Gasteiger partial charge in [0.1, 0.15) is 5.75 Å². The molecule has 0 spiro atoms. The number of methoxy groups -OCH3 is 1. The molecule has 2 aliphatic rings. The smallest absolute Gasteiger partial charge is 0.322 e. The van der Waals surface area contributed by atoms with Crippen molar-refractivity contribution in [3.05, 3.63) is 24.3 Å². The molecule has 20 heavy (non-hydrogen) atoms. The minimum absolute atomic E-state index is 0.0381. The first-order chi connectivity index (χ1) is 9.76. The zero-order valence-corrected chi connectivity index (χ0v) is 11.8. The molecule has 5 nitrogen and oxygen atoms in total. The Morgan fingerprint density at radius 1 is 1.30 bits per heavy atom. The van der Waals surface area contributed by atoms with Gasteiger partial charge in [0, 0.05) is 25.2 Å². The van der Waals surface area contributed by atoms with Gasteiger partial charge in [-0.05, 0) is 31.4 Å². The van der Waals surface area contributed by atoms with Gasteiger partial charge >= 0.3 is 6.03 Å². The highest BCUT2D eigenvalue weighted by Crippen LogP contribution is 2.25. The lowest BCUT2D eigenvalue weighted by Crippen LogP contribution is -2.41. The number of amides is 2. The lowest BCUT2D eigenvalue weighted by atomic mass is 10.1. The summed E-state index contributed by atoms with van der Waals surface area (Å²) in [5.41, 5.74) is 0.724. The Hall–Kier alpha value is -1.75. The minimum Gasteiger partial charge on any atom is -0.495 e. The SMILES string of the molecule is COc1ccccc1NC(=O)N1CC[C@H]2CC[C@@H](C1)N2. The minimum atomic E-state index is -0.0381. The average molecular weight is 275 g/mol. The Kier molecular flexibility index (Phi) is 3.78. The number of fused-ring (bicyclic) bond motifs is 2. The molecule has 2 aliphatic heterocycles. The highest BCUT2D eigenvalue weighted by atomic mass is 16.5. The van der Waals surface area contributed by atoms with Gasteiger partial charge in [0.25, 0.3) is 0 Å². The van der Waals surface area contributed by atoms with Crippen molar-refractivity contribution in [1.29, 1.82) is 0 Å². The van der Waals surface area contributed by atoms with Gasteiger partial charge in [-0.2, -0.15) is 0 Å². The molecule has 2 heterocycles. The second-order valence-electron chi connectivity index (χ2n) is 5.50. The maximum atomic E-state index is 12.4. The average Bonchev–Trinajstić information content (AvgIpc) is 2.78. The number of carbonyl (C=O) groups excluding carboxylic acids is 1. The maximum Gasteiger partial charge on any atom is 0.322 e. The number of nitrogens with one attached hydrogen (secondary N) is 2. The van der Waals surface area contributed by atoms with E-state index in [1.807, 2.05) is 29.2 Å². The van der Waals surface area contributed by atoms with Crippen molar-refractivity contribution in [2.24, 2.45) is 0 Å². The molecule has 2 atom stereocenters. The van der Waals surface area contributed by atoms with Crippen LogP contribution in [0.2, 0.25) is 0 Å². The molecular weight excluding hydrogens is 254 g/mol. The van der Waals surface area contributed by atoms with Crippen LogP contribution in [-0.2, 0) is 0 Å². The number of ether oxygens (including phenoxy) is 1. The molecule has 1 aromatic carbocycles. The molecule has 3 rings (SSSR count). The lowest BCUT2D eigenvalue weighted by Gasteiger charge is -2.25. The lowest BCUT2D eigenvalue weighted by molar-refractivity contribution is 0.208. The molecule has 0 radical (unpaired) electrons. The molecule has 2 N–H and O–H groups in total. The maximum absolute atomic E-state index is 12.4. The van der Waals surface area contributed by atoms with E-state index in [0.29, 0.717) is 17.8 Å². The molecule has 0 aromatic heterocycles. The Bertz CT molecular complexity index is 492. The van der Waals surface area contributed by atoms with Crippen molar-refractivity contribution in [2.45, 2.75) is 31.3 Å². The molecule has 1 aromatic rings. The first kappa shape index (κ1) is 13.2. The quantitative estimate of drug-likeness (QED) is 0.868. The monoisotopic (exact) mass is 275 g/mol. The first-order valence-corrected chi connectivity index (χ1v) is 7.21. The summed E-state index contributed by atoms with van der Waals surface area (Å²) in [6.45, 7) is 1.60. The third kappa shape index (κ3) is 2.72. The molecule has 2 fully saturated rings. The molecular formula is C15H21N3O2. The third-order valence-corrected chi connectivity index (χ3v) is 4.16. The summed E-state index contributed by atoms with van der Waals surface area (Å²) in [6.07, 6.45) is 3.45. The van der Waals surface area contributed by atoms with E-state index >= 15 is 0 Å². The molecule has 5 heteroatoms. The fraction of sp³-hybridized carbons (Fsp3) is 0.533. The van der Waals surface area contributed by atoms with Crippen LogP contribution in [0.5, 0.6) is 5.75 Å². The number of benzene rings is 1. The van der Waals surface area contributed by atoms with E-state index < -0.39 is 0 Å². The highest BCUT2D eigenvalue weighted by molar-refractivity contribution is 5.91. The zero-order chi connectivity index (χ0) is 13.9. The van der Waals surface area contributed by atoms with Gasteiger partial charge in [-0.1, -0.05) is 12.1 Å². The van der Waals surface area contributed by atoms with Crippen molar-refractivity contribution in [1.82, 2.24) is 10.2 Å². The molecule has 2 bridgehead atoms. The summed E-state index contributed by atoms with van der Waals surface area (Å²) in [5.74, 6) is 0.690. The Morgan fingerprint density at radius 2 is 2.10 bits per heavy atom. The van der Waals surface area contributed by atoms with Crippen LogP contribution < -0.4 is 15.4 Å². The Morgan fingerprint density at radius 3 is 2.95 bits per heavy atom. The summed E-state index contributed by atoms with van der Waals surface area (Å²) in [7, 11) is 1.61. The van der Waals surface area contributed by atoms with Crippen molar-refractivity contribution in [3.63, 3.8) is 0 Å². The van der Waals surface area contributed by atoms with E-state index in [4.69, 9.17) is 4.74 Å². The summed E-state index contributed by atoms with van der Waals surface area (Å²) in [6, 6.07) is 8.49. The normalized spacial score (nSPS) is 25.1. The van der Waals surface area contributed by atoms with E-state index in [1.54, 1.807) is 7.11 Å². The number of para-hydroxylation sites is 2. The molecule has 0 aliphatic carbocycles.